The molecule has 0 amide bonds. The lowest BCUT2D eigenvalue weighted by Gasteiger charge is -2.47. The van der Waals surface area contributed by atoms with Gasteiger partial charge in [0.05, 0.1) is 31.4 Å². The van der Waals surface area contributed by atoms with E-state index in [0.717, 1.165) is 0 Å². The maximum atomic E-state index is 11.1. The van der Waals surface area contributed by atoms with Gasteiger partial charge in [0.1, 0.15) is 67.1 Å². The molecule has 23 nitrogen and oxygen atoms in total. The highest BCUT2D eigenvalue weighted by molar-refractivity contribution is 7.79. The Morgan fingerprint density at radius 2 is 1.00 bits per heavy atom. The van der Waals surface area contributed by atoms with Gasteiger partial charge in [0.25, 0.3) is 0 Å². The molecule has 3 heterocycles. The maximum Gasteiger partial charge on any atom is 0.394 e. The van der Waals surface area contributed by atoms with Crippen molar-refractivity contribution in [1.82, 2.24) is 0 Å². The van der Waals surface area contributed by atoms with Crippen LogP contribution in [0.1, 0.15) is 6.42 Å². The van der Waals surface area contributed by atoms with Crippen LogP contribution in [0, 0.1) is 0 Å². The highest BCUT2D eigenvalue weighted by Crippen LogP contribution is 2.34. The summed E-state index contributed by atoms with van der Waals surface area (Å²) in [6.45, 7) is -1.49. The minimum absolute atomic E-state index is 0.0642. The van der Waals surface area contributed by atoms with E-state index in [-0.39, 0.29) is 13.0 Å². The van der Waals surface area contributed by atoms with Crippen molar-refractivity contribution >= 4 is 10.4 Å². The summed E-state index contributed by atoms with van der Waals surface area (Å²) in [7, 11) is -4.67. The smallest absolute Gasteiger partial charge is 0.394 e. The molecular formula is C23H47N5O18S. The average Bonchev–Trinajstić information content (AvgIpc) is 3.30. The van der Waals surface area contributed by atoms with E-state index < -0.39 is 140 Å². The Hall–Kier alpha value is -0.890. The van der Waals surface area contributed by atoms with Gasteiger partial charge in [-0.15, -0.1) is 0 Å². The molecule has 4 aliphatic rings. The SMILES string of the molecule is NCC1OC(O[C@@H]2[C@H](O)[C@H](OC3C(O)C(N)CC(N)C3OC3OC(CO)C(O)C(O)C3N)O[C@@H]2CO)C(N)C(O)C1O.O=S(=O)(O)O. The van der Waals surface area contributed by atoms with Gasteiger partial charge in [0.15, 0.2) is 18.9 Å². The van der Waals surface area contributed by atoms with Crippen LogP contribution in [0.3, 0.4) is 0 Å². The Labute approximate surface area is 268 Å². The molecule has 19 atom stereocenters. The summed E-state index contributed by atoms with van der Waals surface area (Å²) < 4.78 is 66.0. The second-order valence-corrected chi connectivity index (χ2v) is 12.5. The lowest BCUT2D eigenvalue weighted by Crippen LogP contribution is -2.68. The van der Waals surface area contributed by atoms with E-state index in [4.69, 9.17) is 74.6 Å². The number of hydrogen-bond acceptors (Lipinski definition) is 21. The van der Waals surface area contributed by atoms with Crippen LogP contribution in [0.5, 0.6) is 0 Å². The van der Waals surface area contributed by atoms with Gasteiger partial charge >= 0.3 is 10.4 Å². The number of aliphatic hydroxyl groups is 8. The lowest BCUT2D eigenvalue weighted by atomic mass is 9.84. The molecule has 0 spiro atoms. The van der Waals surface area contributed by atoms with E-state index in [1.54, 1.807) is 0 Å². The molecule has 278 valence electrons. The normalized spacial score (nSPS) is 49.3. The topological polar surface area (TPSA) is 422 Å². The molecule has 20 N–H and O–H groups in total. The number of hydrogen-bond donors (Lipinski definition) is 15. The Morgan fingerprint density at radius 3 is 1.49 bits per heavy atom. The molecule has 0 aromatic carbocycles. The first kappa shape index (κ1) is 40.5. The Morgan fingerprint density at radius 1 is 0.574 bits per heavy atom. The number of nitrogens with two attached hydrogens (primary N) is 5. The summed E-state index contributed by atoms with van der Waals surface area (Å²) in [6, 6.07) is -4.30. The summed E-state index contributed by atoms with van der Waals surface area (Å²) >= 11 is 0. The highest BCUT2D eigenvalue weighted by Gasteiger charge is 2.54. The largest absolute Gasteiger partial charge is 0.394 e. The lowest BCUT2D eigenvalue weighted by molar-refractivity contribution is -0.310. The Kier molecular flexibility index (Phi) is 14.6. The van der Waals surface area contributed by atoms with Gasteiger partial charge in [-0.05, 0) is 6.42 Å². The van der Waals surface area contributed by atoms with Crippen LogP contribution in [0.4, 0.5) is 0 Å². The van der Waals surface area contributed by atoms with E-state index in [9.17, 15) is 40.9 Å². The molecule has 0 aromatic heterocycles. The first-order chi connectivity index (χ1) is 21.8. The molecule has 47 heavy (non-hydrogen) atoms. The minimum Gasteiger partial charge on any atom is -0.394 e. The first-order valence-corrected chi connectivity index (χ1v) is 15.9. The fourth-order valence-electron chi connectivity index (χ4n) is 5.70. The first-order valence-electron chi connectivity index (χ1n) is 14.5. The highest BCUT2D eigenvalue weighted by atomic mass is 32.3. The van der Waals surface area contributed by atoms with Gasteiger partial charge < -0.3 is 97.9 Å². The van der Waals surface area contributed by atoms with Crippen molar-refractivity contribution in [2.75, 3.05) is 19.8 Å². The maximum absolute atomic E-state index is 11.1. The molecule has 1 aliphatic carbocycles. The number of aliphatic hydroxyl groups excluding tert-OH is 8. The van der Waals surface area contributed by atoms with Crippen LogP contribution in [-0.2, 0) is 38.8 Å². The molecule has 3 saturated heterocycles. The Bertz CT molecular complexity index is 1070. The number of ether oxygens (including phenoxy) is 6. The van der Waals surface area contributed by atoms with E-state index in [0.29, 0.717) is 0 Å². The third-order valence-corrected chi connectivity index (χ3v) is 8.32. The summed E-state index contributed by atoms with van der Waals surface area (Å²) in [6.07, 6.45) is -20.5. The van der Waals surface area contributed by atoms with Crippen molar-refractivity contribution in [2.45, 2.75) is 123 Å². The second kappa shape index (κ2) is 16.9. The van der Waals surface area contributed by atoms with Crippen molar-refractivity contribution in [2.24, 2.45) is 28.7 Å². The van der Waals surface area contributed by atoms with Crippen LogP contribution in [-0.4, -0.2) is 194 Å². The van der Waals surface area contributed by atoms with Crippen molar-refractivity contribution in [3.8, 4) is 0 Å². The third-order valence-electron chi connectivity index (χ3n) is 8.32. The summed E-state index contributed by atoms with van der Waals surface area (Å²) in [5, 5.41) is 82.3. The second-order valence-electron chi connectivity index (χ2n) is 11.6. The molecule has 24 heteroatoms. The zero-order valence-corrected chi connectivity index (χ0v) is 25.6. The molecule has 4 rings (SSSR count). The minimum atomic E-state index is -4.67. The monoisotopic (exact) mass is 713 g/mol. The fraction of sp³-hybridized carbons (Fsp3) is 1.00. The van der Waals surface area contributed by atoms with E-state index in [2.05, 4.69) is 0 Å². The summed E-state index contributed by atoms with van der Waals surface area (Å²) in [5.74, 6) is 0. The Balaban J connectivity index is 0.00000111. The van der Waals surface area contributed by atoms with Crippen molar-refractivity contribution in [3.63, 3.8) is 0 Å². The number of rotatable bonds is 9. The van der Waals surface area contributed by atoms with Gasteiger partial charge in [-0.3, -0.25) is 9.11 Å². The van der Waals surface area contributed by atoms with Gasteiger partial charge in [0.2, 0.25) is 0 Å². The predicted molar refractivity (Wildman–Crippen MR) is 151 cm³/mol. The van der Waals surface area contributed by atoms with Crippen LogP contribution >= 0.6 is 0 Å². The van der Waals surface area contributed by atoms with Crippen molar-refractivity contribution in [1.29, 1.82) is 0 Å². The molecule has 0 radical (unpaired) electrons. The average molecular weight is 714 g/mol. The van der Waals surface area contributed by atoms with Gasteiger partial charge in [-0.1, -0.05) is 0 Å². The van der Waals surface area contributed by atoms with Gasteiger partial charge in [0, 0.05) is 18.6 Å². The predicted octanol–water partition coefficient (Wildman–Crippen LogP) is -9.51. The van der Waals surface area contributed by atoms with Crippen LogP contribution in [0.25, 0.3) is 0 Å². The zero-order chi connectivity index (χ0) is 35.5. The standard InChI is InChI=1S/C23H45N5O14.H2O4S/c24-2-7-13(32)15(34)10(27)21(37-7)41-19-9(4-30)39-23(17(19)36)42-20-12(31)5(25)1-6(26)18(20)40-22-11(28)16(35)14(33)8(3-29)38-22;1-5(2,3)4/h5-23,29-36H,1-4,24-28H2;(H2,1,2,3,4)/t5?,6?,7?,8?,9-,10?,11?,12?,13?,14?,15?,16?,17+,18?,19+,20?,21?,22?,23+;/m1./s1. The van der Waals surface area contributed by atoms with Crippen molar-refractivity contribution < 1.29 is 86.8 Å². The van der Waals surface area contributed by atoms with Gasteiger partial charge in [-0.2, -0.15) is 8.42 Å². The summed E-state index contributed by atoms with van der Waals surface area (Å²) in [4.78, 5) is 0. The molecule has 0 aromatic rings. The van der Waals surface area contributed by atoms with Gasteiger partial charge in [-0.25, -0.2) is 0 Å². The third kappa shape index (κ3) is 9.67. The molecule has 0 bridgehead atoms. The molecule has 4 fully saturated rings. The van der Waals surface area contributed by atoms with Crippen molar-refractivity contribution in [3.05, 3.63) is 0 Å². The molecule has 15 unspecified atom stereocenters. The fourth-order valence-corrected chi connectivity index (χ4v) is 5.70. The van der Waals surface area contributed by atoms with E-state index >= 15 is 0 Å². The molecule has 1 saturated carbocycles. The van der Waals surface area contributed by atoms with Crippen LogP contribution in [0.2, 0.25) is 0 Å². The molecular weight excluding hydrogens is 666 g/mol. The van der Waals surface area contributed by atoms with Crippen LogP contribution in [0.15, 0.2) is 0 Å². The molecule has 3 aliphatic heterocycles. The van der Waals surface area contributed by atoms with E-state index in [1.807, 2.05) is 0 Å². The van der Waals surface area contributed by atoms with E-state index in [1.165, 1.54) is 0 Å². The summed E-state index contributed by atoms with van der Waals surface area (Å²) in [5.41, 5.74) is 29.9. The zero-order valence-electron chi connectivity index (χ0n) is 24.8. The quantitative estimate of drug-likeness (QED) is 0.0986. The van der Waals surface area contributed by atoms with Crippen LogP contribution < -0.4 is 28.7 Å².